The number of likely N-dealkylation sites (N-methyl/N-ethyl adjacent to an activating group) is 1. The number of hydrogen-bond donors (Lipinski definition) is 1. The third-order valence-electron chi connectivity index (χ3n) is 5.67. The van der Waals surface area contributed by atoms with E-state index in [9.17, 15) is 9.59 Å². The molecule has 0 aromatic heterocycles. The normalized spacial score (nSPS) is 21.8. The van der Waals surface area contributed by atoms with Gasteiger partial charge in [-0.25, -0.2) is 4.79 Å². The van der Waals surface area contributed by atoms with Crippen LogP contribution in [-0.2, 0) is 11.3 Å². The van der Waals surface area contributed by atoms with Crippen LogP contribution in [0.15, 0.2) is 30.3 Å². The molecule has 2 fully saturated rings. The third-order valence-corrected chi connectivity index (χ3v) is 5.67. The average molecular weight is 373 g/mol. The minimum atomic E-state index is -0.105. The molecule has 6 nitrogen and oxygen atoms in total. The maximum Gasteiger partial charge on any atom is 0.317 e. The van der Waals surface area contributed by atoms with Crippen LogP contribution in [0.2, 0.25) is 0 Å². The number of carbonyl (C=O) groups excluding carboxylic acids is 2. The SMILES string of the molecule is CCN1CCCN(C(=O)NC[C@H]2CCCCN2Cc2ccccc2)CC1=O. The Morgan fingerprint density at radius 1 is 1.11 bits per heavy atom. The number of rotatable bonds is 5. The molecule has 1 aromatic carbocycles. The number of piperidine rings is 1. The minimum absolute atomic E-state index is 0.0496. The summed E-state index contributed by atoms with van der Waals surface area (Å²) in [5.41, 5.74) is 1.31. The number of amides is 3. The molecule has 0 unspecified atom stereocenters. The Hall–Kier alpha value is -2.08. The second-order valence-electron chi connectivity index (χ2n) is 7.54. The molecule has 2 heterocycles. The van der Waals surface area contributed by atoms with Crippen LogP contribution < -0.4 is 5.32 Å². The first kappa shape index (κ1) is 19.7. The first-order chi connectivity index (χ1) is 13.2. The van der Waals surface area contributed by atoms with E-state index in [1.807, 2.05) is 17.9 Å². The van der Waals surface area contributed by atoms with Crippen LogP contribution in [0.5, 0.6) is 0 Å². The van der Waals surface area contributed by atoms with E-state index >= 15 is 0 Å². The predicted molar refractivity (Wildman–Crippen MR) is 106 cm³/mol. The molecule has 2 saturated heterocycles. The van der Waals surface area contributed by atoms with E-state index in [4.69, 9.17) is 0 Å². The molecule has 148 valence electrons. The lowest BCUT2D eigenvalue weighted by atomic mass is 10.0. The van der Waals surface area contributed by atoms with Crippen molar-refractivity contribution in [1.82, 2.24) is 20.0 Å². The standard InChI is InChI=1S/C21H32N4O2/c1-2-23-13-8-14-25(17-20(23)26)21(27)22-15-19-11-6-7-12-24(19)16-18-9-4-3-5-10-18/h3-5,9-10,19H,2,6-8,11-17H2,1H3,(H,22,27)/t19-/m1/s1. The van der Waals surface area contributed by atoms with Crippen molar-refractivity contribution in [3.05, 3.63) is 35.9 Å². The van der Waals surface area contributed by atoms with Crippen LogP contribution in [0, 0.1) is 0 Å². The maximum atomic E-state index is 12.6. The van der Waals surface area contributed by atoms with Crippen LogP contribution in [0.1, 0.15) is 38.2 Å². The molecule has 3 amide bonds. The monoisotopic (exact) mass is 372 g/mol. The molecular formula is C21H32N4O2. The highest BCUT2D eigenvalue weighted by Gasteiger charge is 2.26. The first-order valence-corrected chi connectivity index (χ1v) is 10.3. The van der Waals surface area contributed by atoms with E-state index in [0.717, 1.165) is 32.5 Å². The van der Waals surface area contributed by atoms with E-state index in [1.54, 1.807) is 4.90 Å². The first-order valence-electron chi connectivity index (χ1n) is 10.3. The van der Waals surface area contributed by atoms with Gasteiger partial charge in [-0.1, -0.05) is 36.8 Å². The summed E-state index contributed by atoms with van der Waals surface area (Å²) in [6, 6.07) is 10.8. The number of likely N-dealkylation sites (tertiary alicyclic amines) is 1. The molecule has 1 atom stereocenters. The number of nitrogens with one attached hydrogen (secondary N) is 1. The molecule has 1 aromatic rings. The zero-order chi connectivity index (χ0) is 19.1. The van der Waals surface area contributed by atoms with Gasteiger partial charge in [-0.3, -0.25) is 9.69 Å². The zero-order valence-corrected chi connectivity index (χ0v) is 16.4. The van der Waals surface area contributed by atoms with Crippen LogP contribution >= 0.6 is 0 Å². The van der Waals surface area contributed by atoms with Gasteiger partial charge >= 0.3 is 6.03 Å². The van der Waals surface area contributed by atoms with E-state index < -0.39 is 0 Å². The Morgan fingerprint density at radius 2 is 1.93 bits per heavy atom. The van der Waals surface area contributed by atoms with Crippen molar-refractivity contribution < 1.29 is 9.59 Å². The lowest BCUT2D eigenvalue weighted by Crippen LogP contribution is -2.50. The lowest BCUT2D eigenvalue weighted by molar-refractivity contribution is -0.130. The van der Waals surface area contributed by atoms with E-state index in [1.165, 1.54) is 18.4 Å². The molecule has 6 heteroatoms. The van der Waals surface area contributed by atoms with E-state index in [0.29, 0.717) is 25.7 Å². The Morgan fingerprint density at radius 3 is 2.70 bits per heavy atom. The summed E-state index contributed by atoms with van der Waals surface area (Å²) in [6.45, 7) is 6.92. The molecule has 27 heavy (non-hydrogen) atoms. The number of hydrogen-bond acceptors (Lipinski definition) is 3. The van der Waals surface area contributed by atoms with Gasteiger partial charge in [0.2, 0.25) is 5.91 Å². The molecule has 0 saturated carbocycles. The van der Waals surface area contributed by atoms with Crippen molar-refractivity contribution in [3.63, 3.8) is 0 Å². The fourth-order valence-corrected chi connectivity index (χ4v) is 4.06. The molecule has 3 rings (SSSR count). The Balaban J connectivity index is 1.52. The van der Waals surface area contributed by atoms with Gasteiger partial charge in [-0.15, -0.1) is 0 Å². The lowest BCUT2D eigenvalue weighted by Gasteiger charge is -2.36. The fourth-order valence-electron chi connectivity index (χ4n) is 4.06. The summed E-state index contributed by atoms with van der Waals surface area (Å²) >= 11 is 0. The Kier molecular flexibility index (Phi) is 7.10. The van der Waals surface area contributed by atoms with Gasteiger partial charge < -0.3 is 15.1 Å². The summed E-state index contributed by atoms with van der Waals surface area (Å²) in [5, 5.41) is 3.09. The largest absolute Gasteiger partial charge is 0.341 e. The highest BCUT2D eigenvalue weighted by molar-refractivity contribution is 5.84. The maximum absolute atomic E-state index is 12.6. The van der Waals surface area contributed by atoms with E-state index in [-0.39, 0.29) is 18.5 Å². The smallest absolute Gasteiger partial charge is 0.317 e. The molecule has 0 aliphatic carbocycles. The van der Waals surface area contributed by atoms with Crippen molar-refractivity contribution in [3.8, 4) is 0 Å². The zero-order valence-electron chi connectivity index (χ0n) is 16.4. The van der Waals surface area contributed by atoms with Crippen LogP contribution in [0.25, 0.3) is 0 Å². The second-order valence-corrected chi connectivity index (χ2v) is 7.54. The molecule has 2 aliphatic rings. The molecule has 2 aliphatic heterocycles. The summed E-state index contributed by atoms with van der Waals surface area (Å²) in [5.74, 6) is 0.0496. The molecule has 0 spiro atoms. The molecular weight excluding hydrogens is 340 g/mol. The second kappa shape index (κ2) is 9.74. The Bertz CT molecular complexity index is 622. The highest BCUT2D eigenvalue weighted by Crippen LogP contribution is 2.19. The third kappa shape index (κ3) is 5.45. The minimum Gasteiger partial charge on any atom is -0.341 e. The van der Waals surface area contributed by atoms with Crippen molar-refractivity contribution in [2.75, 3.05) is 39.3 Å². The summed E-state index contributed by atoms with van der Waals surface area (Å²) in [6.07, 6.45) is 4.37. The van der Waals surface area contributed by atoms with E-state index in [2.05, 4.69) is 34.5 Å². The van der Waals surface area contributed by atoms with Crippen molar-refractivity contribution >= 4 is 11.9 Å². The molecule has 0 bridgehead atoms. The van der Waals surface area contributed by atoms with Gasteiger partial charge in [0.1, 0.15) is 6.54 Å². The van der Waals surface area contributed by atoms with Crippen molar-refractivity contribution in [1.29, 1.82) is 0 Å². The Labute approximate surface area is 162 Å². The number of benzene rings is 1. The fraction of sp³-hybridized carbons (Fsp3) is 0.619. The van der Waals surface area contributed by atoms with Gasteiger partial charge in [0, 0.05) is 38.8 Å². The van der Waals surface area contributed by atoms with Gasteiger partial charge in [-0.05, 0) is 38.3 Å². The summed E-state index contributed by atoms with van der Waals surface area (Å²) in [4.78, 5) is 30.8. The van der Waals surface area contributed by atoms with Crippen LogP contribution in [-0.4, -0.2) is 71.9 Å². The van der Waals surface area contributed by atoms with Crippen LogP contribution in [0.3, 0.4) is 0 Å². The topological polar surface area (TPSA) is 55.9 Å². The van der Waals surface area contributed by atoms with Gasteiger partial charge in [-0.2, -0.15) is 0 Å². The summed E-state index contributed by atoms with van der Waals surface area (Å²) < 4.78 is 0. The quantitative estimate of drug-likeness (QED) is 0.863. The molecule has 0 radical (unpaired) electrons. The predicted octanol–water partition coefficient (Wildman–Crippen LogP) is 2.30. The highest BCUT2D eigenvalue weighted by atomic mass is 16.2. The van der Waals surface area contributed by atoms with Crippen molar-refractivity contribution in [2.45, 2.75) is 45.2 Å². The summed E-state index contributed by atoms with van der Waals surface area (Å²) in [7, 11) is 0. The average Bonchev–Trinajstić information content (AvgIpc) is 2.89. The van der Waals surface area contributed by atoms with Crippen molar-refractivity contribution in [2.24, 2.45) is 0 Å². The van der Waals surface area contributed by atoms with Gasteiger partial charge in [0.25, 0.3) is 0 Å². The number of carbonyl (C=O) groups is 2. The van der Waals surface area contributed by atoms with Crippen LogP contribution in [0.4, 0.5) is 4.79 Å². The number of nitrogens with zero attached hydrogens (tertiary/aromatic N) is 3. The van der Waals surface area contributed by atoms with Gasteiger partial charge in [0.05, 0.1) is 0 Å². The number of urea groups is 1. The molecule has 1 N–H and O–H groups in total. The van der Waals surface area contributed by atoms with Gasteiger partial charge in [0.15, 0.2) is 0 Å².